The zero-order chi connectivity index (χ0) is 14.1. The molecule has 1 atom stereocenters. The summed E-state index contributed by atoms with van der Waals surface area (Å²) in [5.41, 5.74) is 9.59. The third-order valence-electron chi connectivity index (χ3n) is 3.62. The predicted molar refractivity (Wildman–Crippen MR) is 76.9 cm³/mol. The molecule has 1 aliphatic heterocycles. The summed E-state index contributed by atoms with van der Waals surface area (Å²) in [5.74, 6) is 0.753. The van der Waals surface area contributed by atoms with Gasteiger partial charge in [0.05, 0.1) is 5.92 Å². The number of hydrogen-bond donors (Lipinski definition) is 1. The quantitative estimate of drug-likeness (QED) is 0.858. The van der Waals surface area contributed by atoms with Crippen molar-refractivity contribution in [2.24, 2.45) is 5.73 Å². The van der Waals surface area contributed by atoms with Gasteiger partial charge in [-0.3, -0.25) is 0 Å². The molecule has 0 spiro atoms. The molecule has 2 N–H and O–H groups in total. The zero-order valence-electron chi connectivity index (χ0n) is 11.1. The minimum atomic E-state index is -0.161. The Morgan fingerprint density at radius 2 is 1.70 bits per heavy atom. The summed E-state index contributed by atoms with van der Waals surface area (Å²) < 4.78 is 5.56. The summed E-state index contributed by atoms with van der Waals surface area (Å²) in [5, 5.41) is 9.44. The minimum absolute atomic E-state index is 0.161. The number of nitrogens with two attached hydrogens (primary N) is 1. The molecule has 0 unspecified atom stereocenters. The van der Waals surface area contributed by atoms with Crippen LogP contribution >= 0.6 is 0 Å². The van der Waals surface area contributed by atoms with Crippen LogP contribution in [0, 0.1) is 18.3 Å². The molecule has 1 aliphatic rings. The Balaban J connectivity index is 2.27. The van der Waals surface area contributed by atoms with E-state index in [4.69, 9.17) is 10.5 Å². The topological polar surface area (TPSA) is 59.0 Å². The molecule has 3 heteroatoms. The number of rotatable bonds is 1. The van der Waals surface area contributed by atoms with Gasteiger partial charge in [-0.25, -0.2) is 0 Å². The molecule has 0 amide bonds. The minimum Gasteiger partial charge on any atom is -0.440 e. The van der Waals surface area contributed by atoms with Crippen molar-refractivity contribution in [3.8, 4) is 11.8 Å². The summed E-state index contributed by atoms with van der Waals surface area (Å²) in [6.07, 6.45) is 0. The normalized spacial score (nSPS) is 17.1. The van der Waals surface area contributed by atoms with Crippen LogP contribution in [0.25, 0.3) is 0 Å². The monoisotopic (exact) mass is 262 g/mol. The smallest absolute Gasteiger partial charge is 0.205 e. The number of para-hydroxylation sites is 1. The summed E-state index contributed by atoms with van der Waals surface area (Å²) in [6, 6.07) is 18.0. The lowest BCUT2D eigenvalue weighted by atomic mass is 9.82. The van der Waals surface area contributed by atoms with Crippen molar-refractivity contribution in [1.29, 1.82) is 5.26 Å². The Bertz CT molecular complexity index is 741. The summed E-state index contributed by atoms with van der Waals surface area (Å²) in [6.45, 7) is 2.04. The lowest BCUT2D eigenvalue weighted by molar-refractivity contribution is 0.393. The van der Waals surface area contributed by atoms with E-state index >= 15 is 0 Å². The Labute approximate surface area is 117 Å². The Morgan fingerprint density at radius 3 is 2.40 bits per heavy atom. The molecular formula is C17H14N2O. The van der Waals surface area contributed by atoms with E-state index in [9.17, 15) is 5.26 Å². The van der Waals surface area contributed by atoms with Crippen molar-refractivity contribution >= 4 is 0 Å². The maximum absolute atomic E-state index is 9.44. The molecule has 0 radical (unpaired) electrons. The maximum atomic E-state index is 9.44. The number of nitriles is 1. The molecule has 1 heterocycles. The van der Waals surface area contributed by atoms with Crippen molar-refractivity contribution in [2.45, 2.75) is 12.8 Å². The van der Waals surface area contributed by atoms with Gasteiger partial charge in [0.1, 0.15) is 17.4 Å². The van der Waals surface area contributed by atoms with Gasteiger partial charge >= 0.3 is 0 Å². The van der Waals surface area contributed by atoms with Gasteiger partial charge < -0.3 is 10.5 Å². The first-order valence-corrected chi connectivity index (χ1v) is 6.44. The van der Waals surface area contributed by atoms with Crippen molar-refractivity contribution in [3.63, 3.8) is 0 Å². The molecule has 3 nitrogen and oxygen atoms in total. The fourth-order valence-electron chi connectivity index (χ4n) is 2.64. The number of hydrogen-bond acceptors (Lipinski definition) is 3. The predicted octanol–water partition coefficient (Wildman–Crippen LogP) is 3.21. The third kappa shape index (κ3) is 1.83. The highest BCUT2D eigenvalue weighted by Crippen LogP contribution is 2.42. The summed E-state index contributed by atoms with van der Waals surface area (Å²) >= 11 is 0. The fraction of sp³-hybridized carbons (Fsp3) is 0.118. The van der Waals surface area contributed by atoms with Gasteiger partial charge in [0.25, 0.3) is 0 Å². The molecule has 2 aromatic carbocycles. The standard InChI is InChI=1S/C17H14N2O/c1-11-6-2-3-7-12(11)16-13-8-4-5-9-15(13)20-17(19)14(16)10-18/h2-9,16H,19H2,1H3/t16-/m1/s1. The van der Waals surface area contributed by atoms with Gasteiger partial charge in [0.15, 0.2) is 0 Å². The van der Waals surface area contributed by atoms with Crippen LogP contribution in [-0.4, -0.2) is 0 Å². The Hall–Kier alpha value is -2.73. The molecule has 2 aromatic rings. The van der Waals surface area contributed by atoms with Crippen LogP contribution in [0.15, 0.2) is 60.0 Å². The van der Waals surface area contributed by atoms with Gasteiger partial charge in [-0.15, -0.1) is 0 Å². The Kier molecular flexibility index (Phi) is 2.92. The van der Waals surface area contributed by atoms with Crippen LogP contribution in [-0.2, 0) is 0 Å². The second-order valence-corrected chi connectivity index (χ2v) is 4.82. The van der Waals surface area contributed by atoms with Crippen LogP contribution in [0.3, 0.4) is 0 Å². The molecule has 0 saturated heterocycles. The first-order valence-electron chi connectivity index (χ1n) is 6.44. The highest BCUT2D eigenvalue weighted by Gasteiger charge is 2.30. The Morgan fingerprint density at radius 1 is 1.05 bits per heavy atom. The van der Waals surface area contributed by atoms with Crippen LogP contribution in [0.2, 0.25) is 0 Å². The van der Waals surface area contributed by atoms with Crippen LogP contribution in [0.4, 0.5) is 0 Å². The molecule has 3 rings (SSSR count). The van der Waals surface area contributed by atoms with E-state index in [1.54, 1.807) is 0 Å². The number of aryl methyl sites for hydroxylation is 1. The van der Waals surface area contributed by atoms with E-state index in [-0.39, 0.29) is 11.8 Å². The number of benzene rings is 2. The number of allylic oxidation sites excluding steroid dienone is 1. The average Bonchev–Trinajstić information content (AvgIpc) is 2.46. The molecule has 0 fully saturated rings. The molecule has 0 aliphatic carbocycles. The first kappa shape index (κ1) is 12.3. The average molecular weight is 262 g/mol. The molecular weight excluding hydrogens is 248 g/mol. The lowest BCUT2D eigenvalue weighted by Crippen LogP contribution is -2.21. The fourth-order valence-corrected chi connectivity index (χ4v) is 2.64. The zero-order valence-corrected chi connectivity index (χ0v) is 11.1. The van der Waals surface area contributed by atoms with E-state index in [1.165, 1.54) is 0 Å². The lowest BCUT2D eigenvalue weighted by Gasteiger charge is -2.27. The summed E-state index contributed by atoms with van der Waals surface area (Å²) in [7, 11) is 0. The molecule has 0 aromatic heterocycles. The van der Waals surface area contributed by atoms with E-state index in [1.807, 2.05) is 55.5 Å². The van der Waals surface area contributed by atoms with Crippen molar-refractivity contribution in [2.75, 3.05) is 0 Å². The van der Waals surface area contributed by atoms with Gasteiger partial charge in [-0.1, -0.05) is 42.5 Å². The SMILES string of the molecule is Cc1ccccc1[C@H]1C(C#N)=C(N)Oc2ccccc21. The van der Waals surface area contributed by atoms with Gasteiger partial charge in [-0.05, 0) is 24.1 Å². The molecule has 98 valence electrons. The first-order chi connectivity index (χ1) is 9.72. The van der Waals surface area contributed by atoms with Gasteiger partial charge in [-0.2, -0.15) is 5.26 Å². The van der Waals surface area contributed by atoms with Crippen molar-refractivity contribution in [1.82, 2.24) is 0 Å². The number of ether oxygens (including phenoxy) is 1. The highest BCUT2D eigenvalue weighted by atomic mass is 16.5. The van der Waals surface area contributed by atoms with Crippen molar-refractivity contribution in [3.05, 3.63) is 76.7 Å². The van der Waals surface area contributed by atoms with Crippen LogP contribution in [0.5, 0.6) is 5.75 Å². The number of fused-ring (bicyclic) bond motifs is 1. The van der Waals surface area contributed by atoms with Crippen LogP contribution in [0.1, 0.15) is 22.6 Å². The van der Waals surface area contributed by atoms with Gasteiger partial charge in [0, 0.05) is 5.56 Å². The maximum Gasteiger partial charge on any atom is 0.205 e. The molecule has 0 bridgehead atoms. The largest absolute Gasteiger partial charge is 0.440 e. The molecule has 20 heavy (non-hydrogen) atoms. The highest BCUT2D eigenvalue weighted by molar-refractivity contribution is 5.56. The van der Waals surface area contributed by atoms with E-state index < -0.39 is 0 Å². The van der Waals surface area contributed by atoms with Crippen LogP contribution < -0.4 is 10.5 Å². The molecule has 0 saturated carbocycles. The van der Waals surface area contributed by atoms with E-state index in [2.05, 4.69) is 6.07 Å². The number of nitrogens with zero attached hydrogens (tertiary/aromatic N) is 1. The van der Waals surface area contributed by atoms with E-state index in [0.717, 1.165) is 22.4 Å². The second kappa shape index (κ2) is 4.75. The van der Waals surface area contributed by atoms with Gasteiger partial charge in [0.2, 0.25) is 5.88 Å². The summed E-state index contributed by atoms with van der Waals surface area (Å²) in [4.78, 5) is 0. The second-order valence-electron chi connectivity index (χ2n) is 4.82. The van der Waals surface area contributed by atoms with E-state index in [0.29, 0.717) is 5.57 Å². The van der Waals surface area contributed by atoms with Crippen molar-refractivity contribution < 1.29 is 4.74 Å². The third-order valence-corrected chi connectivity index (χ3v) is 3.62.